The van der Waals surface area contributed by atoms with E-state index in [1.54, 1.807) is 24.4 Å². The van der Waals surface area contributed by atoms with E-state index in [-0.39, 0.29) is 23.6 Å². The van der Waals surface area contributed by atoms with Crippen molar-refractivity contribution in [1.29, 1.82) is 0 Å². The number of benzene rings is 1. The van der Waals surface area contributed by atoms with Gasteiger partial charge < -0.3 is 4.90 Å². The van der Waals surface area contributed by atoms with E-state index >= 15 is 0 Å². The van der Waals surface area contributed by atoms with Crippen molar-refractivity contribution in [3.8, 4) is 0 Å². The van der Waals surface area contributed by atoms with Crippen LogP contribution in [0.25, 0.3) is 5.65 Å². The van der Waals surface area contributed by atoms with Crippen LogP contribution in [0.2, 0.25) is 0 Å². The fourth-order valence-electron chi connectivity index (χ4n) is 4.26. The van der Waals surface area contributed by atoms with Gasteiger partial charge in [-0.05, 0) is 54.7 Å². The Hall–Kier alpha value is -2.68. The van der Waals surface area contributed by atoms with Gasteiger partial charge in [-0.2, -0.15) is 13.2 Å². The molecule has 1 aromatic carbocycles. The number of alkyl halides is 3. The SMILES string of the molecule is Fc1ccc(N2CCN(Cc3ccn4c(CC5CC5)nnc4c3C(F)(F)F)CC2)cc1. The van der Waals surface area contributed by atoms with Gasteiger partial charge in [-0.15, -0.1) is 10.2 Å². The lowest BCUT2D eigenvalue weighted by Gasteiger charge is -2.36. The molecule has 2 aromatic heterocycles. The zero-order valence-electron chi connectivity index (χ0n) is 16.9. The maximum atomic E-state index is 14.0. The Balaban J connectivity index is 1.34. The predicted molar refractivity (Wildman–Crippen MR) is 108 cm³/mol. The molecule has 1 aliphatic carbocycles. The Morgan fingerprint density at radius 2 is 1.65 bits per heavy atom. The largest absolute Gasteiger partial charge is 0.420 e. The van der Waals surface area contributed by atoms with Crippen LogP contribution in [0.4, 0.5) is 23.2 Å². The van der Waals surface area contributed by atoms with Crippen molar-refractivity contribution >= 4 is 11.3 Å². The maximum Gasteiger partial charge on any atom is 0.420 e. The van der Waals surface area contributed by atoms with Gasteiger partial charge in [-0.25, -0.2) is 4.39 Å². The van der Waals surface area contributed by atoms with E-state index in [0.29, 0.717) is 44.3 Å². The van der Waals surface area contributed by atoms with Crippen LogP contribution in [-0.4, -0.2) is 45.7 Å². The van der Waals surface area contributed by atoms with Crippen LogP contribution in [0, 0.1) is 11.7 Å². The van der Waals surface area contributed by atoms with Gasteiger partial charge in [-0.1, -0.05) is 0 Å². The summed E-state index contributed by atoms with van der Waals surface area (Å²) in [5, 5.41) is 7.97. The maximum absolute atomic E-state index is 14.0. The molecule has 0 atom stereocenters. The second-order valence-electron chi connectivity index (χ2n) is 8.41. The van der Waals surface area contributed by atoms with Gasteiger partial charge in [0.25, 0.3) is 0 Å². The molecular weight excluding hydrogens is 410 g/mol. The number of hydrogen-bond donors (Lipinski definition) is 0. The summed E-state index contributed by atoms with van der Waals surface area (Å²) < 4.78 is 56.6. The van der Waals surface area contributed by atoms with Crippen LogP contribution in [0.1, 0.15) is 29.8 Å². The molecule has 0 spiro atoms. The van der Waals surface area contributed by atoms with E-state index in [9.17, 15) is 17.6 Å². The summed E-state index contributed by atoms with van der Waals surface area (Å²) in [6.45, 7) is 2.80. The smallest absolute Gasteiger partial charge is 0.369 e. The average Bonchev–Trinajstić information content (AvgIpc) is 3.47. The van der Waals surface area contributed by atoms with Gasteiger partial charge in [-0.3, -0.25) is 9.30 Å². The third-order valence-electron chi connectivity index (χ3n) is 6.15. The molecule has 1 saturated carbocycles. The van der Waals surface area contributed by atoms with Gasteiger partial charge in [0.1, 0.15) is 17.2 Å². The molecule has 0 amide bonds. The van der Waals surface area contributed by atoms with Crippen molar-refractivity contribution in [2.45, 2.75) is 32.0 Å². The molecule has 5 nitrogen and oxygen atoms in total. The predicted octanol–water partition coefficient (Wildman–Crippen LogP) is 4.16. The monoisotopic (exact) mass is 433 g/mol. The van der Waals surface area contributed by atoms with Crippen LogP contribution in [-0.2, 0) is 19.1 Å². The van der Waals surface area contributed by atoms with Gasteiger partial charge >= 0.3 is 6.18 Å². The number of halogens is 4. The lowest BCUT2D eigenvalue weighted by molar-refractivity contribution is -0.137. The molecule has 0 bridgehead atoms. The molecular formula is C22H23F4N5. The van der Waals surface area contributed by atoms with Gasteiger partial charge in [0.2, 0.25) is 0 Å². The van der Waals surface area contributed by atoms with Crippen molar-refractivity contribution < 1.29 is 17.6 Å². The number of hydrogen-bond acceptors (Lipinski definition) is 4. The van der Waals surface area contributed by atoms with Crippen molar-refractivity contribution in [2.75, 3.05) is 31.1 Å². The van der Waals surface area contributed by atoms with E-state index in [0.717, 1.165) is 18.5 Å². The van der Waals surface area contributed by atoms with Gasteiger partial charge in [0.15, 0.2) is 5.65 Å². The average molecular weight is 433 g/mol. The summed E-state index contributed by atoms with van der Waals surface area (Å²) in [6, 6.07) is 7.85. The fourth-order valence-corrected chi connectivity index (χ4v) is 4.26. The third-order valence-corrected chi connectivity index (χ3v) is 6.15. The Morgan fingerprint density at radius 1 is 0.935 bits per heavy atom. The molecule has 0 N–H and O–H groups in total. The summed E-state index contributed by atoms with van der Waals surface area (Å²) in [4.78, 5) is 4.13. The molecule has 5 rings (SSSR count). The van der Waals surface area contributed by atoms with Crippen LogP contribution < -0.4 is 4.90 Å². The quantitative estimate of drug-likeness (QED) is 0.567. The molecule has 3 heterocycles. The molecule has 2 aliphatic rings. The lowest BCUT2D eigenvalue weighted by Crippen LogP contribution is -2.46. The van der Waals surface area contributed by atoms with Crippen molar-refractivity contribution in [1.82, 2.24) is 19.5 Å². The number of aromatic nitrogens is 3. The summed E-state index contributed by atoms with van der Waals surface area (Å²) in [6.07, 6.45) is 0.0409. The van der Waals surface area contributed by atoms with Gasteiger partial charge in [0.05, 0.1) is 0 Å². The molecule has 0 unspecified atom stereocenters. The van der Waals surface area contributed by atoms with E-state index in [1.807, 2.05) is 4.90 Å². The van der Waals surface area contributed by atoms with Crippen LogP contribution in [0.15, 0.2) is 36.5 Å². The first-order valence-corrected chi connectivity index (χ1v) is 10.5. The van der Waals surface area contributed by atoms with Crippen molar-refractivity contribution in [3.05, 3.63) is 59.3 Å². The van der Waals surface area contributed by atoms with Crippen molar-refractivity contribution in [3.63, 3.8) is 0 Å². The Labute approximate surface area is 177 Å². The Bertz CT molecular complexity index is 1060. The van der Waals surface area contributed by atoms with Crippen LogP contribution in [0.3, 0.4) is 0 Å². The number of fused-ring (bicyclic) bond motifs is 1. The summed E-state index contributed by atoms with van der Waals surface area (Å²) in [7, 11) is 0. The minimum absolute atomic E-state index is 0.106. The molecule has 1 aliphatic heterocycles. The topological polar surface area (TPSA) is 36.7 Å². The fraction of sp³-hybridized carbons (Fsp3) is 0.455. The molecule has 31 heavy (non-hydrogen) atoms. The highest BCUT2D eigenvalue weighted by Gasteiger charge is 2.38. The van der Waals surface area contributed by atoms with Crippen LogP contribution >= 0.6 is 0 Å². The minimum Gasteiger partial charge on any atom is -0.369 e. The van der Waals surface area contributed by atoms with Crippen molar-refractivity contribution in [2.24, 2.45) is 5.92 Å². The molecule has 164 valence electrons. The molecule has 2 fully saturated rings. The third kappa shape index (κ3) is 4.23. The second kappa shape index (κ2) is 7.78. The lowest BCUT2D eigenvalue weighted by atomic mass is 10.1. The highest BCUT2D eigenvalue weighted by Crippen LogP contribution is 2.37. The minimum atomic E-state index is -4.50. The normalized spacial score (nSPS) is 18.1. The highest BCUT2D eigenvalue weighted by molar-refractivity contribution is 5.54. The summed E-state index contributed by atoms with van der Waals surface area (Å²) >= 11 is 0. The zero-order valence-corrected chi connectivity index (χ0v) is 16.9. The molecule has 3 aromatic rings. The first kappa shape index (κ1) is 20.2. The zero-order chi connectivity index (χ0) is 21.6. The van der Waals surface area contributed by atoms with E-state index in [1.165, 1.54) is 16.5 Å². The Morgan fingerprint density at radius 3 is 2.29 bits per heavy atom. The van der Waals surface area contributed by atoms with Gasteiger partial charge in [0, 0.05) is 51.0 Å². The standard InChI is InChI=1S/C22H23F4N5/c23-17-3-5-18(6-4-17)30-11-9-29(10-12-30)14-16-7-8-31-19(13-15-1-2-15)27-28-21(31)20(16)22(24,25)26/h3-8,15H,1-2,9-14H2. The highest BCUT2D eigenvalue weighted by atomic mass is 19.4. The number of rotatable bonds is 5. The molecule has 9 heteroatoms. The summed E-state index contributed by atoms with van der Waals surface area (Å²) in [5.74, 6) is 0.826. The van der Waals surface area contributed by atoms with E-state index in [2.05, 4.69) is 15.1 Å². The van der Waals surface area contributed by atoms with E-state index in [4.69, 9.17) is 0 Å². The number of nitrogens with zero attached hydrogens (tertiary/aromatic N) is 5. The Kier molecular flexibility index (Phi) is 5.08. The number of pyridine rings is 1. The first-order chi connectivity index (χ1) is 14.9. The molecule has 1 saturated heterocycles. The number of anilines is 1. The second-order valence-corrected chi connectivity index (χ2v) is 8.41. The molecule has 0 radical (unpaired) electrons. The van der Waals surface area contributed by atoms with E-state index < -0.39 is 11.7 Å². The first-order valence-electron chi connectivity index (χ1n) is 10.5. The van der Waals surface area contributed by atoms with Crippen LogP contribution in [0.5, 0.6) is 0 Å². The number of piperazine rings is 1. The summed E-state index contributed by atoms with van der Waals surface area (Å²) in [5.41, 5.74) is 0.349.